The Morgan fingerprint density at radius 3 is 2.92 bits per heavy atom. The maximum Gasteiger partial charge on any atom is 0.270 e. The third-order valence-corrected chi connectivity index (χ3v) is 4.89. The third kappa shape index (κ3) is 2.55. The van der Waals surface area contributed by atoms with Crippen LogP contribution in [0.1, 0.15) is 17.4 Å². The second-order valence-corrected chi connectivity index (χ2v) is 6.37. The van der Waals surface area contributed by atoms with Crippen LogP contribution in [0.25, 0.3) is 32.5 Å². The molecule has 0 bridgehead atoms. The van der Waals surface area contributed by atoms with Crippen LogP contribution in [-0.4, -0.2) is 24.5 Å². The van der Waals surface area contributed by atoms with Crippen LogP contribution in [0.2, 0.25) is 0 Å². The Morgan fingerprint density at radius 1 is 1.28 bits per heavy atom. The molecule has 0 atom stereocenters. The number of ether oxygens (including phenoxy) is 1. The Balaban J connectivity index is 1.95. The topological polar surface area (TPSA) is 64.4 Å². The molecular formula is C19H16N2O3S. The van der Waals surface area contributed by atoms with Gasteiger partial charge in [0.15, 0.2) is 11.3 Å². The molecule has 4 rings (SSSR count). The molecule has 126 valence electrons. The lowest BCUT2D eigenvalue weighted by molar-refractivity contribution is 0.0951. The molecule has 2 aromatic carbocycles. The van der Waals surface area contributed by atoms with Crippen molar-refractivity contribution in [3.05, 3.63) is 47.5 Å². The van der Waals surface area contributed by atoms with E-state index in [1.54, 1.807) is 12.5 Å². The largest absolute Gasteiger partial charge is 0.493 e. The number of rotatable bonds is 4. The first kappa shape index (κ1) is 15.7. The monoisotopic (exact) mass is 352 g/mol. The van der Waals surface area contributed by atoms with Gasteiger partial charge in [0.2, 0.25) is 0 Å². The number of hydrogen-bond acceptors (Lipinski definition) is 5. The van der Waals surface area contributed by atoms with Crippen LogP contribution in [0.4, 0.5) is 0 Å². The van der Waals surface area contributed by atoms with Gasteiger partial charge in [-0.15, -0.1) is 11.3 Å². The fourth-order valence-corrected chi connectivity index (χ4v) is 3.73. The lowest BCUT2D eigenvalue weighted by atomic mass is 10.1. The summed E-state index contributed by atoms with van der Waals surface area (Å²) in [7, 11) is 1.62. The van der Waals surface area contributed by atoms with Crippen LogP contribution in [0.15, 0.2) is 46.2 Å². The Morgan fingerprint density at radius 2 is 2.12 bits per heavy atom. The number of aromatic nitrogens is 1. The maximum absolute atomic E-state index is 12.0. The number of para-hydroxylation sites is 1. The van der Waals surface area contributed by atoms with E-state index in [0.29, 0.717) is 23.6 Å². The molecule has 5 nitrogen and oxygen atoms in total. The first-order chi connectivity index (χ1) is 12.2. The molecule has 0 saturated carbocycles. The summed E-state index contributed by atoms with van der Waals surface area (Å²) in [5.74, 6) is 0.516. The van der Waals surface area contributed by atoms with Crippen LogP contribution in [0.5, 0.6) is 5.75 Å². The van der Waals surface area contributed by atoms with Gasteiger partial charge < -0.3 is 14.5 Å². The number of nitrogens with one attached hydrogen (secondary N) is 1. The van der Waals surface area contributed by atoms with Gasteiger partial charge in [0.25, 0.3) is 5.91 Å². The van der Waals surface area contributed by atoms with Gasteiger partial charge in [0.1, 0.15) is 16.3 Å². The SMILES string of the molecule is CCNC(=O)c1csc(-c2ccc(OC)c3oc4ccccc4c23)n1. The zero-order valence-corrected chi connectivity index (χ0v) is 14.6. The van der Waals surface area contributed by atoms with Crippen molar-refractivity contribution in [1.29, 1.82) is 0 Å². The van der Waals surface area contributed by atoms with Crippen molar-refractivity contribution < 1.29 is 13.9 Å². The number of fused-ring (bicyclic) bond motifs is 3. The van der Waals surface area contributed by atoms with Gasteiger partial charge in [0.05, 0.1) is 7.11 Å². The molecule has 1 amide bonds. The highest BCUT2D eigenvalue weighted by molar-refractivity contribution is 7.13. The standard InChI is InChI=1S/C19H16N2O3S/c1-3-20-18(22)13-10-25-19(21-13)12-8-9-15(23-2)17-16(12)11-6-4-5-7-14(11)24-17/h4-10H,3H2,1-2H3,(H,20,22). The van der Waals surface area contributed by atoms with Crippen LogP contribution in [-0.2, 0) is 0 Å². The normalized spacial score (nSPS) is 11.1. The van der Waals surface area contributed by atoms with Gasteiger partial charge in [-0.2, -0.15) is 0 Å². The maximum atomic E-state index is 12.0. The quantitative estimate of drug-likeness (QED) is 0.589. The van der Waals surface area contributed by atoms with E-state index in [2.05, 4.69) is 10.3 Å². The van der Waals surface area contributed by atoms with Crippen LogP contribution in [0, 0.1) is 0 Å². The summed E-state index contributed by atoms with van der Waals surface area (Å²) in [6.45, 7) is 2.46. The molecule has 0 radical (unpaired) electrons. The first-order valence-corrected chi connectivity index (χ1v) is 8.83. The summed E-state index contributed by atoms with van der Waals surface area (Å²) in [6.07, 6.45) is 0. The summed E-state index contributed by atoms with van der Waals surface area (Å²) in [6, 6.07) is 11.7. The van der Waals surface area contributed by atoms with Gasteiger partial charge in [0, 0.05) is 28.3 Å². The second kappa shape index (κ2) is 6.22. The van der Waals surface area contributed by atoms with Crippen LogP contribution >= 0.6 is 11.3 Å². The number of furan rings is 1. The van der Waals surface area contributed by atoms with E-state index in [1.807, 2.05) is 43.3 Å². The van der Waals surface area contributed by atoms with Crippen molar-refractivity contribution in [2.75, 3.05) is 13.7 Å². The average Bonchev–Trinajstić information content (AvgIpc) is 3.26. The van der Waals surface area contributed by atoms with Crippen molar-refractivity contribution in [1.82, 2.24) is 10.3 Å². The van der Waals surface area contributed by atoms with Crippen molar-refractivity contribution in [2.45, 2.75) is 6.92 Å². The molecule has 1 N–H and O–H groups in total. The molecule has 0 unspecified atom stereocenters. The average molecular weight is 352 g/mol. The fraction of sp³-hybridized carbons (Fsp3) is 0.158. The number of benzene rings is 2. The van der Waals surface area contributed by atoms with Gasteiger partial charge in [-0.05, 0) is 25.1 Å². The molecule has 25 heavy (non-hydrogen) atoms. The Hall–Kier alpha value is -2.86. The molecule has 0 aliphatic heterocycles. The second-order valence-electron chi connectivity index (χ2n) is 5.52. The Bertz CT molecular complexity index is 1080. The molecule has 6 heteroatoms. The lowest BCUT2D eigenvalue weighted by Gasteiger charge is -2.04. The summed E-state index contributed by atoms with van der Waals surface area (Å²) in [5.41, 5.74) is 2.85. The molecule has 0 spiro atoms. The number of methoxy groups -OCH3 is 1. The first-order valence-electron chi connectivity index (χ1n) is 7.95. The van der Waals surface area contributed by atoms with Gasteiger partial charge >= 0.3 is 0 Å². The summed E-state index contributed by atoms with van der Waals surface area (Å²) < 4.78 is 11.5. The Labute approximate surface area is 148 Å². The van der Waals surface area contributed by atoms with E-state index >= 15 is 0 Å². The highest BCUT2D eigenvalue weighted by Crippen LogP contribution is 2.41. The lowest BCUT2D eigenvalue weighted by Crippen LogP contribution is -2.22. The van der Waals surface area contributed by atoms with E-state index in [1.165, 1.54) is 11.3 Å². The zero-order valence-electron chi connectivity index (χ0n) is 13.8. The number of hydrogen-bond donors (Lipinski definition) is 1. The smallest absolute Gasteiger partial charge is 0.270 e. The van der Waals surface area contributed by atoms with Gasteiger partial charge in [-0.1, -0.05) is 18.2 Å². The van der Waals surface area contributed by atoms with E-state index < -0.39 is 0 Å². The van der Waals surface area contributed by atoms with Gasteiger partial charge in [-0.25, -0.2) is 4.98 Å². The predicted octanol–water partition coefficient (Wildman–Crippen LogP) is 4.47. The van der Waals surface area contributed by atoms with Crippen LogP contribution < -0.4 is 10.1 Å². The predicted molar refractivity (Wildman–Crippen MR) is 99.4 cm³/mol. The highest BCUT2D eigenvalue weighted by Gasteiger charge is 2.19. The Kier molecular flexibility index (Phi) is 3.89. The number of carbonyl (C=O) groups excluding carboxylic acids is 1. The molecule has 0 fully saturated rings. The number of nitrogens with zero attached hydrogens (tertiary/aromatic N) is 1. The summed E-state index contributed by atoms with van der Waals surface area (Å²) >= 11 is 1.44. The van der Waals surface area contributed by atoms with Crippen LogP contribution in [0.3, 0.4) is 0 Å². The molecule has 4 aromatic rings. The molecule has 0 aliphatic carbocycles. The highest BCUT2D eigenvalue weighted by atomic mass is 32.1. The van der Waals surface area contributed by atoms with E-state index in [0.717, 1.165) is 26.9 Å². The van der Waals surface area contributed by atoms with E-state index in [-0.39, 0.29) is 5.91 Å². The summed E-state index contributed by atoms with van der Waals surface area (Å²) in [4.78, 5) is 16.5. The molecule has 0 saturated heterocycles. The van der Waals surface area contributed by atoms with E-state index in [4.69, 9.17) is 9.15 Å². The minimum absolute atomic E-state index is 0.160. The number of thiazole rings is 1. The number of amides is 1. The molecular weight excluding hydrogens is 336 g/mol. The van der Waals surface area contributed by atoms with Crippen molar-refractivity contribution in [3.8, 4) is 16.3 Å². The minimum atomic E-state index is -0.160. The van der Waals surface area contributed by atoms with Gasteiger partial charge in [-0.3, -0.25) is 4.79 Å². The summed E-state index contributed by atoms with van der Waals surface area (Å²) in [5, 5.41) is 7.28. The fourth-order valence-electron chi connectivity index (χ4n) is 2.90. The minimum Gasteiger partial charge on any atom is -0.493 e. The molecule has 2 aromatic heterocycles. The van der Waals surface area contributed by atoms with Crippen molar-refractivity contribution in [3.63, 3.8) is 0 Å². The van der Waals surface area contributed by atoms with Crippen molar-refractivity contribution in [2.24, 2.45) is 0 Å². The molecule has 2 heterocycles. The van der Waals surface area contributed by atoms with Crippen molar-refractivity contribution >= 4 is 39.2 Å². The van der Waals surface area contributed by atoms with E-state index in [9.17, 15) is 4.79 Å². The number of carbonyl (C=O) groups is 1. The zero-order chi connectivity index (χ0) is 17.4. The molecule has 0 aliphatic rings. The third-order valence-electron chi connectivity index (χ3n) is 4.01.